The van der Waals surface area contributed by atoms with Gasteiger partial charge >= 0.3 is 12.3 Å². The molecule has 2 aliphatic heterocycles. The van der Waals surface area contributed by atoms with E-state index in [1.807, 2.05) is 6.08 Å². The molecule has 0 radical (unpaired) electrons. The van der Waals surface area contributed by atoms with Gasteiger partial charge in [-0.05, 0) is 37.6 Å². The number of methoxy groups -OCH3 is 1. The highest BCUT2D eigenvalue weighted by Crippen LogP contribution is 2.47. The van der Waals surface area contributed by atoms with Crippen LogP contribution < -0.4 is 4.90 Å². The Morgan fingerprint density at radius 2 is 1.97 bits per heavy atom. The molecule has 4 rings (SSSR count). The minimum absolute atomic E-state index is 0.0853. The molecule has 5 nitrogen and oxygen atoms in total. The molecule has 1 amide bonds. The van der Waals surface area contributed by atoms with Crippen LogP contribution in [0.5, 0.6) is 0 Å². The number of benzene rings is 1. The van der Waals surface area contributed by atoms with Crippen LogP contribution in [-0.2, 0) is 10.9 Å². The number of anilines is 1. The lowest BCUT2D eigenvalue weighted by Crippen LogP contribution is -2.49. The van der Waals surface area contributed by atoms with Crippen molar-refractivity contribution in [1.29, 1.82) is 0 Å². The van der Waals surface area contributed by atoms with Gasteiger partial charge in [0.25, 0.3) is 0 Å². The zero-order valence-corrected chi connectivity index (χ0v) is 18.2. The van der Waals surface area contributed by atoms with Crippen LogP contribution >= 0.6 is 11.8 Å². The first-order valence-corrected chi connectivity index (χ1v) is 11.3. The molecule has 1 fully saturated rings. The number of carbonyl (C=O) groups is 1. The molecule has 9 heteroatoms. The number of halogens is 3. The van der Waals surface area contributed by atoms with Crippen molar-refractivity contribution in [3.05, 3.63) is 46.9 Å². The number of piperazine rings is 1. The molecule has 0 N–H and O–H groups in total. The summed E-state index contributed by atoms with van der Waals surface area (Å²) in [5.74, 6) is 0. The van der Waals surface area contributed by atoms with Gasteiger partial charge in [0.15, 0.2) is 0 Å². The standard InChI is InChI=1S/C22H26F3N3O2S/c1-30-21(29)27-13-11-26(12-14-27)9-4-10-28-17-5-2-3-6-19(17)31-20-8-7-16(15-18(20)28)22(23,24)25/h2-3,6-8,15,17H,4-5,9-14H2,1H3. The van der Waals surface area contributed by atoms with E-state index >= 15 is 0 Å². The summed E-state index contributed by atoms with van der Waals surface area (Å²) in [4.78, 5) is 19.8. The van der Waals surface area contributed by atoms with Crippen LogP contribution in [-0.4, -0.2) is 68.3 Å². The molecule has 1 aliphatic carbocycles. The molecule has 31 heavy (non-hydrogen) atoms. The molecule has 1 aromatic rings. The molecular formula is C22H26F3N3O2S. The van der Waals surface area contributed by atoms with E-state index in [0.717, 1.165) is 37.4 Å². The normalized spacial score (nSPS) is 21.4. The second kappa shape index (κ2) is 9.16. The highest BCUT2D eigenvalue weighted by atomic mass is 32.2. The predicted molar refractivity (Wildman–Crippen MR) is 115 cm³/mol. The van der Waals surface area contributed by atoms with Crippen LogP contribution in [0.4, 0.5) is 23.7 Å². The van der Waals surface area contributed by atoms with Crippen molar-refractivity contribution in [1.82, 2.24) is 9.80 Å². The highest BCUT2D eigenvalue weighted by molar-refractivity contribution is 8.03. The van der Waals surface area contributed by atoms with E-state index < -0.39 is 11.7 Å². The lowest BCUT2D eigenvalue weighted by atomic mass is 10.0. The molecule has 1 saturated heterocycles. The van der Waals surface area contributed by atoms with E-state index in [2.05, 4.69) is 22.0 Å². The van der Waals surface area contributed by atoms with Crippen LogP contribution in [0.15, 0.2) is 46.2 Å². The van der Waals surface area contributed by atoms with Gasteiger partial charge in [0.2, 0.25) is 0 Å². The van der Waals surface area contributed by atoms with Crippen molar-refractivity contribution >= 4 is 23.5 Å². The van der Waals surface area contributed by atoms with Gasteiger partial charge in [-0.3, -0.25) is 4.90 Å². The first kappa shape index (κ1) is 22.1. The summed E-state index contributed by atoms with van der Waals surface area (Å²) in [6.07, 6.45) is 3.15. The number of amides is 1. The monoisotopic (exact) mass is 453 g/mol. The van der Waals surface area contributed by atoms with Crippen LogP contribution in [0.25, 0.3) is 0 Å². The van der Waals surface area contributed by atoms with Gasteiger partial charge in [-0.2, -0.15) is 13.2 Å². The Labute approximate surface area is 184 Å². The van der Waals surface area contributed by atoms with Crippen LogP contribution in [0.2, 0.25) is 0 Å². The predicted octanol–water partition coefficient (Wildman–Crippen LogP) is 4.60. The lowest BCUT2D eigenvalue weighted by Gasteiger charge is -2.41. The van der Waals surface area contributed by atoms with Gasteiger partial charge in [0.1, 0.15) is 0 Å². The van der Waals surface area contributed by atoms with Crippen molar-refractivity contribution in [2.45, 2.75) is 30.0 Å². The SMILES string of the molecule is COC(=O)N1CCN(CCCN2c3cc(C(F)(F)F)ccc3SC3=CC=CCC32)CC1. The zero-order valence-electron chi connectivity index (χ0n) is 17.4. The largest absolute Gasteiger partial charge is 0.453 e. The highest BCUT2D eigenvalue weighted by Gasteiger charge is 2.35. The van der Waals surface area contributed by atoms with Crippen molar-refractivity contribution in [3.8, 4) is 0 Å². The summed E-state index contributed by atoms with van der Waals surface area (Å²) in [7, 11) is 1.39. The second-order valence-corrected chi connectivity index (χ2v) is 8.99. The van der Waals surface area contributed by atoms with Gasteiger partial charge in [0, 0.05) is 42.5 Å². The number of fused-ring (bicyclic) bond motifs is 2. The lowest BCUT2D eigenvalue weighted by molar-refractivity contribution is -0.137. The second-order valence-electron chi connectivity index (χ2n) is 7.88. The minimum atomic E-state index is -4.35. The smallest absolute Gasteiger partial charge is 0.416 e. The third-order valence-corrected chi connectivity index (χ3v) is 7.17. The van der Waals surface area contributed by atoms with E-state index in [1.165, 1.54) is 24.1 Å². The average molecular weight is 454 g/mol. The number of nitrogens with zero attached hydrogens (tertiary/aromatic N) is 3. The number of carbonyl (C=O) groups excluding carboxylic acids is 1. The van der Waals surface area contributed by atoms with Gasteiger partial charge in [0.05, 0.1) is 24.4 Å². The van der Waals surface area contributed by atoms with Crippen molar-refractivity contribution in [2.24, 2.45) is 0 Å². The third kappa shape index (κ3) is 4.87. The summed E-state index contributed by atoms with van der Waals surface area (Å²) < 4.78 is 44.8. The van der Waals surface area contributed by atoms with Gasteiger partial charge < -0.3 is 14.5 Å². The van der Waals surface area contributed by atoms with E-state index in [9.17, 15) is 18.0 Å². The van der Waals surface area contributed by atoms with E-state index in [0.29, 0.717) is 25.3 Å². The number of alkyl halides is 3. The number of hydrogen-bond acceptors (Lipinski definition) is 5. The number of hydrogen-bond donors (Lipinski definition) is 0. The van der Waals surface area contributed by atoms with Gasteiger partial charge in [-0.15, -0.1) is 0 Å². The first-order chi connectivity index (χ1) is 14.9. The molecule has 1 unspecified atom stereocenters. The fourth-order valence-corrected chi connectivity index (χ4v) is 5.48. The molecule has 0 aromatic heterocycles. The molecule has 0 bridgehead atoms. The van der Waals surface area contributed by atoms with Crippen LogP contribution in [0, 0.1) is 0 Å². The number of thioether (sulfide) groups is 1. The van der Waals surface area contributed by atoms with E-state index in [1.54, 1.807) is 22.7 Å². The number of allylic oxidation sites excluding steroid dienone is 2. The summed E-state index contributed by atoms with van der Waals surface area (Å²) in [6, 6.07) is 4.15. The van der Waals surface area contributed by atoms with Crippen molar-refractivity contribution < 1.29 is 22.7 Å². The number of ether oxygens (including phenoxy) is 1. The molecule has 1 atom stereocenters. The minimum Gasteiger partial charge on any atom is -0.453 e. The quantitative estimate of drug-likeness (QED) is 0.666. The Bertz CT molecular complexity index is 879. The van der Waals surface area contributed by atoms with Gasteiger partial charge in [-0.25, -0.2) is 4.79 Å². The Morgan fingerprint density at radius 3 is 2.68 bits per heavy atom. The topological polar surface area (TPSA) is 36.0 Å². The molecule has 0 saturated carbocycles. The van der Waals surface area contributed by atoms with Crippen molar-refractivity contribution in [2.75, 3.05) is 51.3 Å². The Morgan fingerprint density at radius 1 is 1.19 bits per heavy atom. The molecule has 168 valence electrons. The summed E-state index contributed by atoms with van der Waals surface area (Å²) in [6.45, 7) is 4.33. The van der Waals surface area contributed by atoms with E-state index in [-0.39, 0.29) is 12.1 Å². The fraction of sp³-hybridized carbons (Fsp3) is 0.500. The summed E-state index contributed by atoms with van der Waals surface area (Å²) in [5, 5.41) is 0. The maximum absolute atomic E-state index is 13.3. The molecule has 3 aliphatic rings. The molecular weight excluding hydrogens is 427 g/mol. The van der Waals surface area contributed by atoms with Crippen LogP contribution in [0.1, 0.15) is 18.4 Å². The summed E-state index contributed by atoms with van der Waals surface area (Å²) >= 11 is 1.57. The molecule has 2 heterocycles. The molecule has 0 spiro atoms. The fourth-order valence-electron chi connectivity index (χ4n) is 4.30. The maximum atomic E-state index is 13.3. The Hall–Kier alpha value is -2.13. The number of rotatable bonds is 4. The summed E-state index contributed by atoms with van der Waals surface area (Å²) in [5.41, 5.74) is 0.0716. The zero-order chi connectivity index (χ0) is 22.0. The average Bonchev–Trinajstić information content (AvgIpc) is 2.77. The first-order valence-electron chi connectivity index (χ1n) is 10.4. The van der Waals surface area contributed by atoms with E-state index in [4.69, 9.17) is 4.74 Å². The maximum Gasteiger partial charge on any atom is 0.416 e. The Kier molecular flexibility index (Phi) is 6.52. The third-order valence-electron chi connectivity index (χ3n) is 5.96. The van der Waals surface area contributed by atoms with Crippen LogP contribution in [0.3, 0.4) is 0 Å². The van der Waals surface area contributed by atoms with Crippen molar-refractivity contribution in [3.63, 3.8) is 0 Å². The van der Waals surface area contributed by atoms with Gasteiger partial charge in [-0.1, -0.05) is 30.0 Å². The Balaban J connectivity index is 1.44. The molecule has 1 aromatic carbocycles.